The first-order valence-corrected chi connectivity index (χ1v) is 9.32. The number of aliphatic hydroxyl groups excluding tert-OH is 1. The molecule has 25 heavy (non-hydrogen) atoms. The zero-order valence-electron chi connectivity index (χ0n) is 15.5. The molecule has 0 heterocycles. The van der Waals surface area contributed by atoms with Gasteiger partial charge in [0.1, 0.15) is 18.5 Å². The molecular weight excluding hydrogens is 318 g/mol. The second kappa shape index (κ2) is 9.78. The molecule has 4 atom stereocenters. The van der Waals surface area contributed by atoms with Gasteiger partial charge in [0.15, 0.2) is 0 Å². The van der Waals surface area contributed by atoms with E-state index in [0.29, 0.717) is 36.4 Å². The van der Waals surface area contributed by atoms with Gasteiger partial charge in [-0.2, -0.15) is 0 Å². The molecule has 5 nitrogen and oxygen atoms in total. The molecule has 1 aliphatic carbocycles. The van der Waals surface area contributed by atoms with Crippen LogP contribution < -0.4 is 10.1 Å². The third-order valence-electron chi connectivity index (χ3n) is 5.11. The number of aliphatic hydroxyl groups is 1. The van der Waals surface area contributed by atoms with Crippen molar-refractivity contribution in [2.75, 3.05) is 19.8 Å². The largest absolute Gasteiger partial charge is 0.491 e. The molecule has 1 saturated carbocycles. The van der Waals surface area contributed by atoms with E-state index in [1.54, 1.807) is 31.2 Å². The van der Waals surface area contributed by atoms with Crippen molar-refractivity contribution in [1.29, 1.82) is 0 Å². The summed E-state index contributed by atoms with van der Waals surface area (Å²) in [5.74, 6) is 1.55. The van der Waals surface area contributed by atoms with Gasteiger partial charge in [-0.25, -0.2) is 4.79 Å². The lowest BCUT2D eigenvalue weighted by Gasteiger charge is -2.35. The summed E-state index contributed by atoms with van der Waals surface area (Å²) in [5, 5.41) is 13.7. The van der Waals surface area contributed by atoms with Crippen LogP contribution in [-0.4, -0.2) is 43.0 Å². The molecule has 2 rings (SSSR count). The van der Waals surface area contributed by atoms with Gasteiger partial charge >= 0.3 is 5.97 Å². The van der Waals surface area contributed by atoms with E-state index in [4.69, 9.17) is 9.47 Å². The number of ether oxygens (including phenoxy) is 2. The van der Waals surface area contributed by atoms with Crippen LogP contribution in [0.4, 0.5) is 0 Å². The van der Waals surface area contributed by atoms with Crippen molar-refractivity contribution in [1.82, 2.24) is 5.32 Å². The first kappa shape index (κ1) is 19.7. The number of hydrogen-bond acceptors (Lipinski definition) is 5. The van der Waals surface area contributed by atoms with E-state index in [0.717, 1.165) is 5.92 Å². The molecule has 0 aliphatic heterocycles. The molecule has 5 heteroatoms. The molecule has 1 aliphatic rings. The lowest BCUT2D eigenvalue weighted by atomic mass is 9.78. The molecule has 4 unspecified atom stereocenters. The Hall–Kier alpha value is -1.59. The highest BCUT2D eigenvalue weighted by molar-refractivity contribution is 5.89. The Bertz CT molecular complexity index is 548. The van der Waals surface area contributed by atoms with Gasteiger partial charge in [0.2, 0.25) is 0 Å². The third kappa shape index (κ3) is 6.01. The number of carbonyl (C=O) groups is 1. The van der Waals surface area contributed by atoms with Crippen molar-refractivity contribution in [3.63, 3.8) is 0 Å². The topological polar surface area (TPSA) is 67.8 Å². The first-order chi connectivity index (χ1) is 12.0. The number of nitrogens with one attached hydrogen (secondary N) is 1. The van der Waals surface area contributed by atoms with Crippen LogP contribution in [0.25, 0.3) is 0 Å². The summed E-state index contributed by atoms with van der Waals surface area (Å²) in [5.41, 5.74) is 0.456. The molecular formula is C20H31NO4. The molecule has 0 aromatic heterocycles. The number of esters is 1. The fourth-order valence-corrected chi connectivity index (χ4v) is 3.34. The van der Waals surface area contributed by atoms with Crippen LogP contribution in [0.15, 0.2) is 24.3 Å². The Morgan fingerprint density at radius 3 is 2.92 bits per heavy atom. The van der Waals surface area contributed by atoms with Crippen LogP contribution in [0.3, 0.4) is 0 Å². The molecule has 0 saturated heterocycles. The summed E-state index contributed by atoms with van der Waals surface area (Å²) in [7, 11) is 0. The van der Waals surface area contributed by atoms with Crippen LogP contribution in [0.2, 0.25) is 0 Å². The zero-order valence-corrected chi connectivity index (χ0v) is 15.5. The molecule has 0 radical (unpaired) electrons. The maximum atomic E-state index is 11.7. The fourth-order valence-electron chi connectivity index (χ4n) is 3.34. The van der Waals surface area contributed by atoms with E-state index in [-0.39, 0.29) is 12.6 Å². The minimum atomic E-state index is -0.587. The van der Waals surface area contributed by atoms with Gasteiger partial charge in [0, 0.05) is 12.6 Å². The molecule has 0 amide bonds. The predicted molar refractivity (Wildman–Crippen MR) is 97.9 cm³/mol. The summed E-state index contributed by atoms with van der Waals surface area (Å²) in [4.78, 5) is 11.7. The van der Waals surface area contributed by atoms with Gasteiger partial charge in [-0.05, 0) is 43.4 Å². The maximum Gasteiger partial charge on any atom is 0.338 e. The normalized spacial score (nSPS) is 24.6. The third-order valence-corrected chi connectivity index (χ3v) is 5.11. The highest BCUT2D eigenvalue weighted by atomic mass is 16.5. The number of hydrogen-bond donors (Lipinski definition) is 2. The van der Waals surface area contributed by atoms with E-state index < -0.39 is 6.10 Å². The van der Waals surface area contributed by atoms with E-state index in [1.165, 1.54) is 19.3 Å². The molecule has 140 valence electrons. The van der Waals surface area contributed by atoms with Crippen LogP contribution in [0, 0.1) is 11.8 Å². The summed E-state index contributed by atoms with van der Waals surface area (Å²) in [6, 6.07) is 7.31. The number of rotatable bonds is 8. The molecule has 0 spiro atoms. The molecule has 1 fully saturated rings. The second-order valence-corrected chi connectivity index (χ2v) is 7.00. The average Bonchev–Trinajstić information content (AvgIpc) is 2.61. The Morgan fingerprint density at radius 2 is 2.16 bits per heavy atom. The van der Waals surface area contributed by atoms with Crippen LogP contribution >= 0.6 is 0 Å². The monoisotopic (exact) mass is 349 g/mol. The van der Waals surface area contributed by atoms with Gasteiger partial charge in [0.05, 0.1) is 12.2 Å². The Balaban J connectivity index is 1.77. The molecule has 0 bridgehead atoms. The summed E-state index contributed by atoms with van der Waals surface area (Å²) < 4.78 is 10.6. The van der Waals surface area contributed by atoms with Crippen molar-refractivity contribution in [3.8, 4) is 5.75 Å². The van der Waals surface area contributed by atoms with Crippen molar-refractivity contribution < 1.29 is 19.4 Å². The van der Waals surface area contributed by atoms with Crippen molar-refractivity contribution >= 4 is 5.97 Å². The Morgan fingerprint density at radius 1 is 1.36 bits per heavy atom. The number of carbonyl (C=O) groups excluding carboxylic acids is 1. The first-order valence-electron chi connectivity index (χ1n) is 9.32. The average molecular weight is 349 g/mol. The van der Waals surface area contributed by atoms with Crippen LogP contribution in [0.1, 0.15) is 50.4 Å². The van der Waals surface area contributed by atoms with E-state index >= 15 is 0 Å². The number of benzene rings is 1. The molecule has 1 aromatic rings. The standard InChI is InChI=1S/C20H31NO4/c1-4-24-20(23)16-8-6-9-18(11-16)25-13-17(22)12-21-19-10-5-7-14(2)15(19)3/h6,8-9,11,14-15,17,19,21-22H,4-5,7,10,12-13H2,1-3H3. The van der Waals surface area contributed by atoms with E-state index in [1.807, 2.05) is 0 Å². The zero-order chi connectivity index (χ0) is 18.2. The Labute approximate surface area is 150 Å². The van der Waals surface area contributed by atoms with Gasteiger partial charge < -0.3 is 19.9 Å². The van der Waals surface area contributed by atoms with Gasteiger partial charge in [-0.15, -0.1) is 0 Å². The summed E-state index contributed by atoms with van der Waals surface area (Å²) in [6.07, 6.45) is 3.12. The summed E-state index contributed by atoms with van der Waals surface area (Å²) >= 11 is 0. The van der Waals surface area contributed by atoms with Crippen LogP contribution in [-0.2, 0) is 4.74 Å². The van der Waals surface area contributed by atoms with Gasteiger partial charge in [-0.1, -0.05) is 32.8 Å². The smallest absolute Gasteiger partial charge is 0.338 e. The molecule has 2 N–H and O–H groups in total. The minimum absolute atomic E-state index is 0.190. The van der Waals surface area contributed by atoms with Gasteiger partial charge in [0.25, 0.3) is 0 Å². The molecule has 1 aromatic carbocycles. The maximum absolute atomic E-state index is 11.7. The summed E-state index contributed by atoms with van der Waals surface area (Å²) in [6.45, 7) is 7.40. The predicted octanol–water partition coefficient (Wildman–Crippen LogP) is 3.02. The highest BCUT2D eigenvalue weighted by Crippen LogP contribution is 2.29. The second-order valence-electron chi connectivity index (χ2n) is 7.00. The van der Waals surface area contributed by atoms with E-state index in [9.17, 15) is 9.90 Å². The van der Waals surface area contributed by atoms with Crippen molar-refractivity contribution in [2.45, 2.75) is 52.2 Å². The van der Waals surface area contributed by atoms with E-state index in [2.05, 4.69) is 19.2 Å². The lowest BCUT2D eigenvalue weighted by Crippen LogP contribution is -2.44. The van der Waals surface area contributed by atoms with Gasteiger partial charge in [-0.3, -0.25) is 0 Å². The van der Waals surface area contributed by atoms with Crippen molar-refractivity contribution in [2.24, 2.45) is 11.8 Å². The van der Waals surface area contributed by atoms with Crippen LogP contribution in [0.5, 0.6) is 5.75 Å². The van der Waals surface area contributed by atoms with Crippen molar-refractivity contribution in [3.05, 3.63) is 29.8 Å². The highest BCUT2D eigenvalue weighted by Gasteiger charge is 2.26. The quantitative estimate of drug-likeness (QED) is 0.706. The lowest BCUT2D eigenvalue weighted by molar-refractivity contribution is 0.0525. The fraction of sp³-hybridized carbons (Fsp3) is 0.650. The Kier molecular flexibility index (Phi) is 7.72. The SMILES string of the molecule is CCOC(=O)c1cccc(OCC(O)CNC2CCCC(C)C2C)c1. The minimum Gasteiger partial charge on any atom is -0.491 e.